The summed E-state index contributed by atoms with van der Waals surface area (Å²) in [5, 5.41) is 14.2. The highest BCUT2D eigenvalue weighted by Crippen LogP contribution is 2.30. The summed E-state index contributed by atoms with van der Waals surface area (Å²) in [5.41, 5.74) is 0.833. The second-order valence-corrected chi connectivity index (χ2v) is 4.91. The molecule has 1 fully saturated rings. The highest BCUT2D eigenvalue weighted by atomic mass is 16.6. The molecule has 1 N–H and O–H groups in total. The summed E-state index contributed by atoms with van der Waals surface area (Å²) in [6, 6.07) is 5.29. The van der Waals surface area contributed by atoms with Gasteiger partial charge in [0, 0.05) is 23.9 Å². The summed E-state index contributed by atoms with van der Waals surface area (Å²) < 4.78 is 5.53. The number of benzene rings is 1. The lowest BCUT2D eigenvalue weighted by Gasteiger charge is -2.27. The van der Waals surface area contributed by atoms with E-state index in [1.807, 2.05) is 19.9 Å². The Morgan fingerprint density at radius 1 is 1.39 bits per heavy atom. The van der Waals surface area contributed by atoms with Gasteiger partial charge in [-0.1, -0.05) is 0 Å². The maximum atomic E-state index is 10.9. The monoisotopic (exact) mass is 250 g/mol. The van der Waals surface area contributed by atoms with Crippen molar-refractivity contribution in [2.24, 2.45) is 0 Å². The molecule has 1 aliphatic carbocycles. The number of rotatable bonds is 5. The van der Waals surface area contributed by atoms with Crippen LogP contribution in [0, 0.1) is 10.1 Å². The molecule has 0 atom stereocenters. The Morgan fingerprint density at radius 3 is 2.61 bits per heavy atom. The minimum Gasteiger partial charge on any atom is -0.491 e. The summed E-state index contributed by atoms with van der Waals surface area (Å²) >= 11 is 0. The van der Waals surface area contributed by atoms with Crippen LogP contribution in [0.2, 0.25) is 0 Å². The molecule has 0 heterocycles. The van der Waals surface area contributed by atoms with Crippen LogP contribution in [0.25, 0.3) is 0 Å². The average molecular weight is 250 g/mol. The molecule has 0 aromatic heterocycles. The van der Waals surface area contributed by atoms with Crippen LogP contribution in [0.15, 0.2) is 18.2 Å². The highest BCUT2D eigenvalue weighted by Gasteiger charge is 2.19. The van der Waals surface area contributed by atoms with Gasteiger partial charge < -0.3 is 10.1 Å². The number of anilines is 1. The number of ether oxygens (including phenoxy) is 1. The zero-order valence-corrected chi connectivity index (χ0v) is 10.7. The third-order valence-corrected chi connectivity index (χ3v) is 2.95. The fraction of sp³-hybridized carbons (Fsp3) is 0.538. The average Bonchev–Trinajstić information content (AvgIpc) is 2.22. The predicted molar refractivity (Wildman–Crippen MR) is 70.1 cm³/mol. The lowest BCUT2D eigenvalue weighted by molar-refractivity contribution is -0.384. The van der Waals surface area contributed by atoms with E-state index in [1.165, 1.54) is 12.5 Å². The number of nitrogens with one attached hydrogen (secondary N) is 1. The lowest BCUT2D eigenvalue weighted by Crippen LogP contribution is -2.27. The van der Waals surface area contributed by atoms with Gasteiger partial charge in [-0.15, -0.1) is 0 Å². The van der Waals surface area contributed by atoms with Gasteiger partial charge in [0.25, 0.3) is 5.69 Å². The van der Waals surface area contributed by atoms with Crippen molar-refractivity contribution >= 4 is 11.4 Å². The van der Waals surface area contributed by atoms with E-state index in [-0.39, 0.29) is 16.7 Å². The largest absolute Gasteiger partial charge is 0.491 e. The van der Waals surface area contributed by atoms with Crippen molar-refractivity contribution in [3.8, 4) is 5.75 Å². The van der Waals surface area contributed by atoms with Gasteiger partial charge >= 0.3 is 0 Å². The second kappa shape index (κ2) is 5.25. The van der Waals surface area contributed by atoms with Crippen molar-refractivity contribution in [3.05, 3.63) is 28.3 Å². The van der Waals surface area contributed by atoms with Crippen molar-refractivity contribution in [2.75, 3.05) is 5.32 Å². The Labute approximate surface area is 106 Å². The SMILES string of the molecule is CC(C)Oc1cc(NC2CCC2)cc([N+](=O)[O-])c1. The lowest BCUT2D eigenvalue weighted by atomic mass is 9.93. The fourth-order valence-electron chi connectivity index (χ4n) is 1.90. The van der Waals surface area contributed by atoms with Crippen molar-refractivity contribution in [3.63, 3.8) is 0 Å². The first kappa shape index (κ1) is 12.7. The molecule has 0 radical (unpaired) electrons. The van der Waals surface area contributed by atoms with E-state index in [2.05, 4.69) is 5.32 Å². The smallest absolute Gasteiger partial charge is 0.275 e. The van der Waals surface area contributed by atoms with Crippen LogP contribution in [-0.2, 0) is 0 Å². The normalized spacial score (nSPS) is 15.3. The van der Waals surface area contributed by atoms with Crippen LogP contribution in [0.3, 0.4) is 0 Å². The van der Waals surface area contributed by atoms with Gasteiger partial charge in [0.05, 0.1) is 17.1 Å². The van der Waals surface area contributed by atoms with Crippen LogP contribution in [-0.4, -0.2) is 17.1 Å². The van der Waals surface area contributed by atoms with E-state index in [4.69, 9.17) is 4.74 Å². The van der Waals surface area contributed by atoms with Crippen LogP contribution >= 0.6 is 0 Å². The Bertz CT molecular complexity index is 442. The van der Waals surface area contributed by atoms with E-state index in [0.29, 0.717) is 11.8 Å². The van der Waals surface area contributed by atoms with Gasteiger partial charge in [0.15, 0.2) is 0 Å². The number of hydrogen-bond acceptors (Lipinski definition) is 4. The summed E-state index contributed by atoms with van der Waals surface area (Å²) in [6.45, 7) is 3.80. The molecular weight excluding hydrogens is 232 g/mol. The van der Waals surface area contributed by atoms with Gasteiger partial charge in [-0.3, -0.25) is 10.1 Å². The van der Waals surface area contributed by atoms with Crippen LogP contribution in [0.5, 0.6) is 5.75 Å². The summed E-state index contributed by atoms with van der Waals surface area (Å²) in [7, 11) is 0. The molecule has 1 aromatic carbocycles. The van der Waals surface area contributed by atoms with Gasteiger partial charge in [-0.2, -0.15) is 0 Å². The molecule has 98 valence electrons. The van der Waals surface area contributed by atoms with E-state index < -0.39 is 0 Å². The molecule has 2 rings (SSSR count). The standard InChI is InChI=1S/C13H18N2O3/c1-9(2)18-13-7-11(14-10-4-3-5-10)6-12(8-13)15(16)17/h6-10,14H,3-5H2,1-2H3. The van der Waals surface area contributed by atoms with E-state index in [9.17, 15) is 10.1 Å². The maximum Gasteiger partial charge on any atom is 0.275 e. The van der Waals surface area contributed by atoms with E-state index in [0.717, 1.165) is 18.5 Å². The van der Waals surface area contributed by atoms with Gasteiger partial charge in [0.1, 0.15) is 5.75 Å². The number of nitro groups is 1. The molecule has 0 bridgehead atoms. The molecule has 0 amide bonds. The third-order valence-electron chi connectivity index (χ3n) is 2.95. The van der Waals surface area contributed by atoms with E-state index >= 15 is 0 Å². The Morgan fingerprint density at radius 2 is 2.11 bits per heavy atom. The van der Waals surface area contributed by atoms with Crippen molar-refractivity contribution in [1.82, 2.24) is 0 Å². The van der Waals surface area contributed by atoms with Gasteiger partial charge in [0.2, 0.25) is 0 Å². The van der Waals surface area contributed by atoms with Crippen LogP contribution < -0.4 is 10.1 Å². The zero-order chi connectivity index (χ0) is 13.1. The fourth-order valence-corrected chi connectivity index (χ4v) is 1.90. The molecule has 0 saturated heterocycles. The van der Waals surface area contributed by atoms with Crippen molar-refractivity contribution < 1.29 is 9.66 Å². The summed E-state index contributed by atoms with van der Waals surface area (Å²) in [6.07, 6.45) is 3.48. The summed E-state index contributed by atoms with van der Waals surface area (Å²) in [5.74, 6) is 0.543. The topological polar surface area (TPSA) is 64.4 Å². The Kier molecular flexibility index (Phi) is 3.69. The molecule has 1 aromatic rings. The Balaban J connectivity index is 2.20. The van der Waals surface area contributed by atoms with Gasteiger partial charge in [-0.05, 0) is 33.1 Å². The molecule has 0 spiro atoms. The zero-order valence-electron chi connectivity index (χ0n) is 10.7. The first-order valence-electron chi connectivity index (χ1n) is 6.27. The number of nitro benzene ring substituents is 1. The molecule has 1 aliphatic rings. The second-order valence-electron chi connectivity index (χ2n) is 4.91. The molecule has 5 nitrogen and oxygen atoms in total. The van der Waals surface area contributed by atoms with Crippen molar-refractivity contribution in [2.45, 2.75) is 45.3 Å². The minimum atomic E-state index is -0.390. The van der Waals surface area contributed by atoms with Gasteiger partial charge in [-0.25, -0.2) is 0 Å². The van der Waals surface area contributed by atoms with E-state index in [1.54, 1.807) is 6.07 Å². The first-order valence-corrected chi connectivity index (χ1v) is 6.27. The molecule has 1 saturated carbocycles. The molecular formula is C13H18N2O3. The van der Waals surface area contributed by atoms with Crippen LogP contribution in [0.4, 0.5) is 11.4 Å². The molecule has 0 aliphatic heterocycles. The summed E-state index contributed by atoms with van der Waals surface area (Å²) in [4.78, 5) is 10.5. The Hall–Kier alpha value is -1.78. The maximum absolute atomic E-state index is 10.9. The molecule has 18 heavy (non-hydrogen) atoms. The number of nitrogens with zero attached hydrogens (tertiary/aromatic N) is 1. The third kappa shape index (κ3) is 3.12. The highest BCUT2D eigenvalue weighted by molar-refractivity contribution is 5.57. The number of hydrogen-bond donors (Lipinski definition) is 1. The quantitative estimate of drug-likeness (QED) is 0.643. The van der Waals surface area contributed by atoms with Crippen LogP contribution in [0.1, 0.15) is 33.1 Å². The minimum absolute atomic E-state index is 0.00329. The first-order chi connectivity index (χ1) is 8.54. The molecule has 0 unspecified atom stereocenters. The predicted octanol–water partition coefficient (Wildman–Crippen LogP) is 3.35. The van der Waals surface area contributed by atoms with Crippen molar-refractivity contribution in [1.29, 1.82) is 0 Å². The number of non-ortho nitro benzene ring substituents is 1. The molecule has 5 heteroatoms.